The molecule has 1 aliphatic carbocycles. The summed E-state index contributed by atoms with van der Waals surface area (Å²) in [6, 6.07) is 5.51. The van der Waals surface area contributed by atoms with Crippen molar-refractivity contribution in [3.05, 3.63) is 46.2 Å². The molecule has 1 N–H and O–H groups in total. The standard InChI is InChI=1S/C15H17N3OS/c1-11-5-4-6-12(17-11)13(19)18-15(7-2-3-8-15)14-16-9-10-20-14/h4-6,9-10H,2-3,7-8H2,1H3,(H,18,19). The van der Waals surface area contributed by atoms with E-state index in [0.29, 0.717) is 5.69 Å². The van der Waals surface area contributed by atoms with E-state index in [4.69, 9.17) is 0 Å². The van der Waals surface area contributed by atoms with Gasteiger partial charge in [-0.05, 0) is 31.9 Å². The molecule has 0 aliphatic heterocycles. The van der Waals surface area contributed by atoms with Crippen LogP contribution in [-0.4, -0.2) is 15.9 Å². The fraction of sp³-hybridized carbons (Fsp3) is 0.400. The number of thiazole rings is 1. The van der Waals surface area contributed by atoms with Gasteiger partial charge in [-0.1, -0.05) is 18.9 Å². The van der Waals surface area contributed by atoms with E-state index in [1.165, 1.54) is 0 Å². The molecule has 104 valence electrons. The molecule has 1 fully saturated rings. The van der Waals surface area contributed by atoms with Crippen LogP contribution in [0.4, 0.5) is 0 Å². The number of carbonyl (C=O) groups is 1. The number of aryl methyl sites for hydroxylation is 1. The van der Waals surface area contributed by atoms with Crippen LogP contribution in [0.5, 0.6) is 0 Å². The first-order valence-corrected chi connectivity index (χ1v) is 7.74. The van der Waals surface area contributed by atoms with Gasteiger partial charge in [0.25, 0.3) is 5.91 Å². The first-order valence-electron chi connectivity index (χ1n) is 6.86. The molecule has 0 unspecified atom stereocenters. The van der Waals surface area contributed by atoms with Crippen molar-refractivity contribution < 1.29 is 4.79 Å². The van der Waals surface area contributed by atoms with Crippen LogP contribution >= 0.6 is 11.3 Å². The second-order valence-electron chi connectivity index (χ2n) is 5.24. The Morgan fingerprint density at radius 3 is 2.80 bits per heavy atom. The van der Waals surface area contributed by atoms with Gasteiger partial charge in [-0.2, -0.15) is 0 Å². The molecule has 0 atom stereocenters. The Morgan fingerprint density at radius 1 is 1.35 bits per heavy atom. The molecule has 1 amide bonds. The van der Waals surface area contributed by atoms with Crippen molar-refractivity contribution >= 4 is 17.2 Å². The van der Waals surface area contributed by atoms with Gasteiger partial charge in [0.05, 0.1) is 5.54 Å². The fourth-order valence-corrected chi connectivity index (χ4v) is 3.63. The zero-order chi connectivity index (χ0) is 14.0. The van der Waals surface area contributed by atoms with E-state index in [-0.39, 0.29) is 11.4 Å². The molecule has 0 radical (unpaired) electrons. The summed E-state index contributed by atoms with van der Waals surface area (Å²) in [5.74, 6) is -0.106. The van der Waals surface area contributed by atoms with Crippen LogP contribution in [0.1, 0.15) is 46.9 Å². The third-order valence-corrected chi connectivity index (χ3v) is 4.75. The normalized spacial score (nSPS) is 17.1. The van der Waals surface area contributed by atoms with E-state index >= 15 is 0 Å². The van der Waals surface area contributed by atoms with Gasteiger partial charge in [-0.15, -0.1) is 11.3 Å². The summed E-state index contributed by atoms with van der Waals surface area (Å²) in [6.45, 7) is 1.89. The Labute approximate surface area is 122 Å². The second-order valence-corrected chi connectivity index (χ2v) is 6.14. The van der Waals surface area contributed by atoms with Gasteiger partial charge in [0, 0.05) is 17.3 Å². The Balaban J connectivity index is 1.86. The van der Waals surface area contributed by atoms with Gasteiger partial charge in [-0.25, -0.2) is 9.97 Å². The maximum Gasteiger partial charge on any atom is 0.270 e. The maximum absolute atomic E-state index is 12.5. The summed E-state index contributed by atoms with van der Waals surface area (Å²) in [5.41, 5.74) is 1.04. The number of pyridine rings is 1. The van der Waals surface area contributed by atoms with Crippen LogP contribution in [0.25, 0.3) is 0 Å². The van der Waals surface area contributed by atoms with Crippen molar-refractivity contribution in [1.29, 1.82) is 0 Å². The van der Waals surface area contributed by atoms with Gasteiger partial charge in [0.1, 0.15) is 10.7 Å². The summed E-state index contributed by atoms with van der Waals surface area (Å²) >= 11 is 1.61. The molecule has 4 nitrogen and oxygen atoms in total. The van der Waals surface area contributed by atoms with E-state index in [0.717, 1.165) is 36.4 Å². The number of nitrogens with one attached hydrogen (secondary N) is 1. The van der Waals surface area contributed by atoms with Crippen LogP contribution in [-0.2, 0) is 5.54 Å². The van der Waals surface area contributed by atoms with E-state index < -0.39 is 0 Å². The van der Waals surface area contributed by atoms with Crippen LogP contribution in [0.3, 0.4) is 0 Å². The quantitative estimate of drug-likeness (QED) is 0.944. The van der Waals surface area contributed by atoms with Crippen molar-refractivity contribution in [2.24, 2.45) is 0 Å². The first-order chi connectivity index (χ1) is 9.70. The third-order valence-electron chi connectivity index (χ3n) is 3.77. The molecule has 1 aliphatic rings. The highest BCUT2D eigenvalue weighted by molar-refractivity contribution is 7.09. The number of hydrogen-bond donors (Lipinski definition) is 1. The van der Waals surface area contributed by atoms with E-state index in [1.807, 2.05) is 24.4 Å². The lowest BCUT2D eigenvalue weighted by Crippen LogP contribution is -2.44. The molecule has 0 bridgehead atoms. The molecular weight excluding hydrogens is 270 g/mol. The SMILES string of the molecule is Cc1cccc(C(=O)NC2(c3nccs3)CCCC2)n1. The average Bonchev–Trinajstić information content (AvgIpc) is 3.10. The van der Waals surface area contributed by atoms with E-state index in [9.17, 15) is 4.79 Å². The number of aromatic nitrogens is 2. The number of nitrogens with zero attached hydrogens (tertiary/aromatic N) is 2. The molecule has 5 heteroatoms. The van der Waals surface area contributed by atoms with E-state index in [2.05, 4.69) is 15.3 Å². The number of hydrogen-bond acceptors (Lipinski definition) is 4. The molecule has 2 aromatic heterocycles. The van der Waals surface area contributed by atoms with Gasteiger partial charge in [0.2, 0.25) is 0 Å². The zero-order valence-corrected chi connectivity index (χ0v) is 12.2. The monoisotopic (exact) mass is 287 g/mol. The minimum Gasteiger partial charge on any atom is -0.339 e. The lowest BCUT2D eigenvalue weighted by molar-refractivity contribution is 0.0892. The number of rotatable bonds is 3. The van der Waals surface area contributed by atoms with Gasteiger partial charge >= 0.3 is 0 Å². The predicted molar refractivity (Wildman–Crippen MR) is 78.7 cm³/mol. The number of amides is 1. The van der Waals surface area contributed by atoms with Gasteiger partial charge < -0.3 is 5.32 Å². The molecule has 1 saturated carbocycles. The largest absolute Gasteiger partial charge is 0.339 e. The van der Waals surface area contributed by atoms with Crippen molar-refractivity contribution in [3.8, 4) is 0 Å². The minimum atomic E-state index is -0.295. The topological polar surface area (TPSA) is 54.9 Å². The minimum absolute atomic E-state index is 0.106. The smallest absolute Gasteiger partial charge is 0.270 e. The Bertz CT molecular complexity index is 603. The van der Waals surface area contributed by atoms with Crippen LogP contribution < -0.4 is 5.32 Å². The Kier molecular flexibility index (Phi) is 3.53. The maximum atomic E-state index is 12.5. The van der Waals surface area contributed by atoms with Crippen LogP contribution in [0, 0.1) is 6.92 Å². The summed E-state index contributed by atoms with van der Waals surface area (Å²) in [5, 5.41) is 6.16. The third kappa shape index (κ3) is 2.45. The summed E-state index contributed by atoms with van der Waals surface area (Å²) < 4.78 is 0. The molecule has 2 heterocycles. The molecule has 20 heavy (non-hydrogen) atoms. The summed E-state index contributed by atoms with van der Waals surface area (Å²) in [4.78, 5) is 21.2. The summed E-state index contributed by atoms with van der Waals surface area (Å²) in [6.07, 6.45) is 5.97. The fourth-order valence-electron chi connectivity index (χ4n) is 2.78. The van der Waals surface area contributed by atoms with Crippen molar-refractivity contribution in [2.75, 3.05) is 0 Å². The van der Waals surface area contributed by atoms with Crippen molar-refractivity contribution in [1.82, 2.24) is 15.3 Å². The first kappa shape index (κ1) is 13.2. The van der Waals surface area contributed by atoms with Crippen LogP contribution in [0.15, 0.2) is 29.8 Å². The van der Waals surface area contributed by atoms with Crippen molar-refractivity contribution in [2.45, 2.75) is 38.1 Å². The molecule has 0 saturated heterocycles. The lowest BCUT2D eigenvalue weighted by atomic mass is 9.98. The molecule has 0 spiro atoms. The average molecular weight is 287 g/mol. The second kappa shape index (κ2) is 5.32. The van der Waals surface area contributed by atoms with Gasteiger partial charge in [-0.3, -0.25) is 4.79 Å². The highest BCUT2D eigenvalue weighted by atomic mass is 32.1. The number of carbonyl (C=O) groups excluding carboxylic acids is 1. The zero-order valence-electron chi connectivity index (χ0n) is 11.4. The Morgan fingerprint density at radius 2 is 2.15 bits per heavy atom. The predicted octanol–water partition coefficient (Wildman–Crippen LogP) is 3.05. The van der Waals surface area contributed by atoms with Crippen LogP contribution in [0.2, 0.25) is 0 Å². The lowest BCUT2D eigenvalue weighted by Gasteiger charge is -2.28. The van der Waals surface area contributed by atoms with Crippen molar-refractivity contribution in [3.63, 3.8) is 0 Å². The molecule has 2 aromatic rings. The molecule has 0 aromatic carbocycles. The highest BCUT2D eigenvalue weighted by Gasteiger charge is 2.39. The van der Waals surface area contributed by atoms with Gasteiger partial charge in [0.15, 0.2) is 0 Å². The molecular formula is C15H17N3OS. The highest BCUT2D eigenvalue weighted by Crippen LogP contribution is 2.39. The Hall–Kier alpha value is -1.75. The molecule has 3 rings (SSSR count). The van der Waals surface area contributed by atoms with E-state index in [1.54, 1.807) is 23.6 Å². The summed E-state index contributed by atoms with van der Waals surface area (Å²) in [7, 11) is 0.